The number of β-amino-alcohol motifs (C(OH)–C–C–N with tert-alkyl or cyclic N) is 1. The maximum Gasteiger partial charge on any atom is 0.153 e. The van der Waals surface area contributed by atoms with Gasteiger partial charge in [0.15, 0.2) is 5.82 Å². The molecule has 1 saturated heterocycles. The number of nitrogens with zero attached hydrogens (tertiary/aromatic N) is 4. The lowest BCUT2D eigenvalue weighted by atomic mass is 10.1. The van der Waals surface area contributed by atoms with Gasteiger partial charge in [-0.2, -0.15) is 5.10 Å². The Bertz CT molecular complexity index is 499. The van der Waals surface area contributed by atoms with E-state index in [2.05, 4.69) is 34.1 Å². The highest BCUT2D eigenvalue weighted by Gasteiger charge is 2.23. The van der Waals surface area contributed by atoms with E-state index >= 15 is 0 Å². The molecule has 0 aliphatic carbocycles. The van der Waals surface area contributed by atoms with Crippen LogP contribution in [0.25, 0.3) is 0 Å². The monoisotopic (exact) mass is 323 g/mol. The van der Waals surface area contributed by atoms with Gasteiger partial charge < -0.3 is 15.2 Å². The Kier molecular flexibility index (Phi) is 5.63. The van der Waals surface area contributed by atoms with Crippen molar-refractivity contribution in [3.8, 4) is 0 Å². The van der Waals surface area contributed by atoms with Crippen LogP contribution in [0, 0.1) is 0 Å². The Morgan fingerprint density at radius 2 is 2.13 bits per heavy atom. The van der Waals surface area contributed by atoms with Crippen LogP contribution < -0.4 is 5.32 Å². The smallest absolute Gasteiger partial charge is 0.153 e. The number of aliphatic hydroxyl groups excluding tert-OH is 1. The van der Waals surface area contributed by atoms with Gasteiger partial charge >= 0.3 is 0 Å². The zero-order chi connectivity index (χ0) is 16.2. The average Bonchev–Trinajstić information content (AvgIpc) is 2.97. The molecule has 23 heavy (non-hydrogen) atoms. The van der Waals surface area contributed by atoms with Gasteiger partial charge in [-0.25, -0.2) is 9.67 Å². The van der Waals surface area contributed by atoms with Gasteiger partial charge in [0.2, 0.25) is 0 Å². The normalized spacial score (nSPS) is 23.9. The molecule has 130 valence electrons. The van der Waals surface area contributed by atoms with E-state index < -0.39 is 0 Å². The van der Waals surface area contributed by atoms with Crippen molar-refractivity contribution in [3.63, 3.8) is 0 Å². The maximum atomic E-state index is 10.2. The third-order valence-electron chi connectivity index (χ3n) is 4.61. The van der Waals surface area contributed by atoms with Crippen LogP contribution in [0.15, 0.2) is 0 Å². The van der Waals surface area contributed by atoms with Gasteiger partial charge in [-0.3, -0.25) is 4.90 Å². The van der Waals surface area contributed by atoms with E-state index in [1.807, 2.05) is 4.68 Å². The molecule has 3 rings (SSSR count). The molecule has 2 atom stereocenters. The Balaban J connectivity index is 1.43. The number of ether oxygens (including phenoxy) is 1. The molecule has 7 nitrogen and oxygen atoms in total. The molecule has 2 aliphatic rings. The van der Waals surface area contributed by atoms with Crippen LogP contribution in [0.1, 0.15) is 37.8 Å². The van der Waals surface area contributed by atoms with E-state index in [-0.39, 0.29) is 6.10 Å². The number of aryl methyl sites for hydroxylation is 1. The fourth-order valence-corrected chi connectivity index (χ4v) is 3.19. The minimum absolute atomic E-state index is 0.337. The van der Waals surface area contributed by atoms with E-state index in [4.69, 9.17) is 4.74 Å². The summed E-state index contributed by atoms with van der Waals surface area (Å²) in [6, 6.07) is 0.364. The standard InChI is InChI=1S/C16H29N5O2/c1-12(2)16-18-15-4-3-13(10-21(15)19-16)17-9-14(22)11-20-5-7-23-8-6-20/h12-14,17,22H,3-11H2,1-2H3/t13-,14-/m0/s1. The Hall–Kier alpha value is -1.02. The van der Waals surface area contributed by atoms with Crippen LogP contribution in [-0.4, -0.2) is 76.3 Å². The van der Waals surface area contributed by atoms with Crippen LogP contribution in [-0.2, 0) is 17.7 Å². The van der Waals surface area contributed by atoms with Crippen molar-refractivity contribution in [2.24, 2.45) is 0 Å². The van der Waals surface area contributed by atoms with E-state index in [9.17, 15) is 5.11 Å². The molecular formula is C16H29N5O2. The average molecular weight is 323 g/mol. The molecule has 0 amide bonds. The van der Waals surface area contributed by atoms with Gasteiger partial charge in [-0.05, 0) is 6.42 Å². The van der Waals surface area contributed by atoms with Crippen molar-refractivity contribution in [1.82, 2.24) is 25.0 Å². The van der Waals surface area contributed by atoms with Crippen LogP contribution in [0.3, 0.4) is 0 Å². The van der Waals surface area contributed by atoms with Crippen LogP contribution in [0.5, 0.6) is 0 Å². The molecule has 0 unspecified atom stereocenters. The lowest BCUT2D eigenvalue weighted by Gasteiger charge is -2.30. The fraction of sp³-hybridized carbons (Fsp3) is 0.875. The first-order valence-electron chi connectivity index (χ1n) is 8.77. The molecule has 7 heteroatoms. The summed E-state index contributed by atoms with van der Waals surface area (Å²) in [5.41, 5.74) is 0. The van der Waals surface area contributed by atoms with Crippen molar-refractivity contribution in [3.05, 3.63) is 11.6 Å². The number of nitrogens with one attached hydrogen (secondary N) is 1. The van der Waals surface area contributed by atoms with Crippen LogP contribution in [0.4, 0.5) is 0 Å². The lowest BCUT2D eigenvalue weighted by Crippen LogP contribution is -2.46. The molecule has 0 bridgehead atoms. The van der Waals surface area contributed by atoms with E-state index in [1.165, 1.54) is 0 Å². The highest BCUT2D eigenvalue weighted by molar-refractivity contribution is 5.01. The van der Waals surface area contributed by atoms with Gasteiger partial charge in [0.25, 0.3) is 0 Å². The number of hydrogen-bond donors (Lipinski definition) is 2. The predicted molar refractivity (Wildman–Crippen MR) is 87.5 cm³/mol. The molecular weight excluding hydrogens is 294 g/mol. The maximum absolute atomic E-state index is 10.2. The Labute approximate surface area is 138 Å². The minimum Gasteiger partial charge on any atom is -0.390 e. The van der Waals surface area contributed by atoms with Crippen molar-refractivity contribution < 1.29 is 9.84 Å². The van der Waals surface area contributed by atoms with Gasteiger partial charge in [0, 0.05) is 44.6 Å². The van der Waals surface area contributed by atoms with Crippen molar-refractivity contribution in [2.45, 2.75) is 51.3 Å². The van der Waals surface area contributed by atoms with Crippen LogP contribution in [0.2, 0.25) is 0 Å². The molecule has 0 saturated carbocycles. The highest BCUT2D eigenvalue weighted by Crippen LogP contribution is 2.16. The Morgan fingerprint density at radius 1 is 1.35 bits per heavy atom. The summed E-state index contributed by atoms with van der Waals surface area (Å²) in [6.45, 7) is 9.82. The second-order valence-electron chi connectivity index (χ2n) is 6.93. The largest absolute Gasteiger partial charge is 0.390 e. The van der Waals surface area contributed by atoms with Gasteiger partial charge in [0.05, 0.1) is 25.9 Å². The quantitative estimate of drug-likeness (QED) is 0.767. The molecule has 1 aromatic rings. The minimum atomic E-state index is -0.337. The van der Waals surface area contributed by atoms with E-state index in [0.717, 1.165) is 63.9 Å². The number of fused-ring (bicyclic) bond motifs is 1. The molecule has 0 radical (unpaired) electrons. The molecule has 1 aromatic heterocycles. The molecule has 0 aromatic carbocycles. The molecule has 1 fully saturated rings. The van der Waals surface area contributed by atoms with Crippen molar-refractivity contribution in [1.29, 1.82) is 0 Å². The summed E-state index contributed by atoms with van der Waals surface area (Å²) in [5.74, 6) is 2.41. The van der Waals surface area contributed by atoms with Gasteiger partial charge in [-0.1, -0.05) is 13.8 Å². The first kappa shape index (κ1) is 16.8. The zero-order valence-corrected chi connectivity index (χ0v) is 14.2. The first-order chi connectivity index (χ1) is 11.1. The van der Waals surface area contributed by atoms with Gasteiger partial charge in [-0.15, -0.1) is 0 Å². The number of rotatable bonds is 6. The molecule has 0 spiro atoms. The summed E-state index contributed by atoms with van der Waals surface area (Å²) in [4.78, 5) is 6.88. The number of hydrogen-bond acceptors (Lipinski definition) is 6. The Morgan fingerprint density at radius 3 is 2.87 bits per heavy atom. The predicted octanol–water partition coefficient (Wildman–Crippen LogP) is -0.001000. The summed E-state index contributed by atoms with van der Waals surface area (Å²) < 4.78 is 7.37. The van der Waals surface area contributed by atoms with E-state index in [0.29, 0.717) is 18.5 Å². The molecule has 3 heterocycles. The first-order valence-corrected chi connectivity index (χ1v) is 8.77. The third kappa shape index (κ3) is 4.50. The second-order valence-corrected chi connectivity index (χ2v) is 6.93. The zero-order valence-electron chi connectivity index (χ0n) is 14.2. The molecule has 2 N–H and O–H groups in total. The highest BCUT2D eigenvalue weighted by atomic mass is 16.5. The SMILES string of the molecule is CC(C)c1nc2n(n1)C[C@@H](NC[C@H](O)CN1CCOCC1)CC2. The van der Waals surface area contributed by atoms with Gasteiger partial charge in [0.1, 0.15) is 5.82 Å². The van der Waals surface area contributed by atoms with Crippen molar-refractivity contribution >= 4 is 0 Å². The molecule has 2 aliphatic heterocycles. The van der Waals surface area contributed by atoms with Crippen molar-refractivity contribution in [2.75, 3.05) is 39.4 Å². The lowest BCUT2D eigenvalue weighted by molar-refractivity contribution is 0.0142. The number of aromatic nitrogens is 3. The topological polar surface area (TPSA) is 75.4 Å². The van der Waals surface area contributed by atoms with Crippen LogP contribution >= 0.6 is 0 Å². The number of morpholine rings is 1. The van der Waals surface area contributed by atoms with E-state index in [1.54, 1.807) is 0 Å². The summed E-state index contributed by atoms with van der Waals surface area (Å²) in [6.07, 6.45) is 1.67. The summed E-state index contributed by atoms with van der Waals surface area (Å²) in [7, 11) is 0. The summed E-state index contributed by atoms with van der Waals surface area (Å²) in [5, 5.41) is 18.3. The third-order valence-corrected chi connectivity index (χ3v) is 4.61. The summed E-state index contributed by atoms with van der Waals surface area (Å²) >= 11 is 0. The second kappa shape index (κ2) is 7.70. The number of aliphatic hydroxyl groups is 1. The fourth-order valence-electron chi connectivity index (χ4n) is 3.19.